The van der Waals surface area contributed by atoms with Crippen molar-refractivity contribution in [2.75, 3.05) is 19.0 Å². The van der Waals surface area contributed by atoms with E-state index in [1.54, 1.807) is 0 Å². The van der Waals surface area contributed by atoms with Gasteiger partial charge in [0.1, 0.15) is 11.3 Å². The number of nitrogens with zero attached hydrogens (tertiary/aromatic N) is 3. The molecule has 1 saturated heterocycles. The molecule has 1 unspecified atom stereocenters. The van der Waals surface area contributed by atoms with Gasteiger partial charge in [-0.15, -0.1) is 11.6 Å². The van der Waals surface area contributed by atoms with E-state index in [9.17, 15) is 0 Å². The Morgan fingerprint density at radius 3 is 3.00 bits per heavy atom. The summed E-state index contributed by atoms with van der Waals surface area (Å²) in [6.07, 6.45) is 3.33. The standard InChI is InChI=1S/C16H21Cl2N3/c1-2-20-10-4-5-12(20)11-21-14-7-3-6-13(18)16(14)19-15(21)8-9-17/h3,6-7,12H,2,4-5,8-11H2,1H3. The van der Waals surface area contributed by atoms with Crippen LogP contribution in [0.2, 0.25) is 5.02 Å². The lowest BCUT2D eigenvalue weighted by molar-refractivity contribution is 0.244. The number of rotatable bonds is 5. The molecule has 114 valence electrons. The van der Waals surface area contributed by atoms with Crippen molar-refractivity contribution < 1.29 is 0 Å². The lowest BCUT2D eigenvalue weighted by Crippen LogP contribution is -2.33. The summed E-state index contributed by atoms with van der Waals surface area (Å²) in [5.74, 6) is 1.64. The van der Waals surface area contributed by atoms with Gasteiger partial charge in [0.15, 0.2) is 0 Å². The van der Waals surface area contributed by atoms with Gasteiger partial charge in [0.05, 0.1) is 10.5 Å². The molecule has 1 atom stereocenters. The predicted molar refractivity (Wildman–Crippen MR) is 89.4 cm³/mol. The van der Waals surface area contributed by atoms with Crippen LogP contribution in [0.1, 0.15) is 25.6 Å². The molecule has 0 radical (unpaired) electrons. The Morgan fingerprint density at radius 2 is 2.24 bits per heavy atom. The van der Waals surface area contributed by atoms with Gasteiger partial charge < -0.3 is 4.57 Å². The van der Waals surface area contributed by atoms with E-state index in [0.717, 1.165) is 41.4 Å². The van der Waals surface area contributed by atoms with Crippen LogP contribution in [0.3, 0.4) is 0 Å². The molecule has 0 spiro atoms. The lowest BCUT2D eigenvalue weighted by Gasteiger charge is -2.24. The summed E-state index contributed by atoms with van der Waals surface area (Å²) < 4.78 is 2.32. The van der Waals surface area contributed by atoms with Crippen LogP contribution < -0.4 is 0 Å². The van der Waals surface area contributed by atoms with Gasteiger partial charge in [-0.1, -0.05) is 24.6 Å². The molecule has 1 aliphatic rings. The summed E-state index contributed by atoms with van der Waals surface area (Å²) in [7, 11) is 0. The van der Waals surface area contributed by atoms with Gasteiger partial charge in [0.25, 0.3) is 0 Å². The summed E-state index contributed by atoms with van der Waals surface area (Å²) in [6.45, 7) is 5.54. The molecule has 3 nitrogen and oxygen atoms in total. The van der Waals surface area contributed by atoms with E-state index in [4.69, 9.17) is 28.2 Å². The molecule has 0 saturated carbocycles. The minimum Gasteiger partial charge on any atom is -0.326 e. The molecule has 0 amide bonds. The van der Waals surface area contributed by atoms with Crippen molar-refractivity contribution in [3.8, 4) is 0 Å². The van der Waals surface area contributed by atoms with Crippen LogP contribution >= 0.6 is 23.2 Å². The van der Waals surface area contributed by atoms with E-state index >= 15 is 0 Å². The van der Waals surface area contributed by atoms with E-state index in [0.29, 0.717) is 11.9 Å². The highest BCUT2D eigenvalue weighted by molar-refractivity contribution is 6.34. The minimum atomic E-state index is 0.586. The van der Waals surface area contributed by atoms with Crippen molar-refractivity contribution in [2.24, 2.45) is 0 Å². The number of alkyl halides is 1. The van der Waals surface area contributed by atoms with Gasteiger partial charge in [0.2, 0.25) is 0 Å². The normalized spacial score (nSPS) is 19.7. The van der Waals surface area contributed by atoms with Crippen LogP contribution in [0.15, 0.2) is 18.2 Å². The third kappa shape index (κ3) is 2.92. The summed E-state index contributed by atoms with van der Waals surface area (Å²) in [5.41, 5.74) is 2.03. The number of hydrogen-bond acceptors (Lipinski definition) is 2. The summed E-state index contributed by atoms with van der Waals surface area (Å²) in [5, 5.41) is 0.723. The topological polar surface area (TPSA) is 21.1 Å². The molecule has 0 aliphatic carbocycles. The number of halogens is 2. The molecule has 21 heavy (non-hydrogen) atoms. The van der Waals surface area contributed by atoms with Crippen molar-refractivity contribution in [3.63, 3.8) is 0 Å². The van der Waals surface area contributed by atoms with Crippen molar-refractivity contribution in [2.45, 2.75) is 38.8 Å². The number of aromatic nitrogens is 2. The van der Waals surface area contributed by atoms with Crippen LogP contribution in [0.25, 0.3) is 11.0 Å². The largest absolute Gasteiger partial charge is 0.326 e. The quantitative estimate of drug-likeness (QED) is 0.776. The molecule has 3 rings (SSSR count). The maximum atomic E-state index is 6.30. The third-order valence-electron chi connectivity index (χ3n) is 4.43. The highest BCUT2D eigenvalue weighted by Crippen LogP contribution is 2.27. The highest BCUT2D eigenvalue weighted by atomic mass is 35.5. The Kier molecular flexibility index (Phi) is 4.72. The Hall–Kier alpha value is -0.770. The molecule has 1 aliphatic heterocycles. The van der Waals surface area contributed by atoms with Crippen molar-refractivity contribution >= 4 is 34.2 Å². The Labute approximate surface area is 135 Å². The Morgan fingerprint density at radius 1 is 1.38 bits per heavy atom. The van der Waals surface area contributed by atoms with E-state index in [-0.39, 0.29) is 0 Å². The fourth-order valence-electron chi connectivity index (χ4n) is 3.37. The molecular formula is C16H21Cl2N3. The second-order valence-electron chi connectivity index (χ2n) is 5.61. The second kappa shape index (κ2) is 6.55. The minimum absolute atomic E-state index is 0.586. The number of likely N-dealkylation sites (tertiary alicyclic amines) is 1. The molecule has 1 aromatic carbocycles. The summed E-state index contributed by atoms with van der Waals surface area (Å²) in [4.78, 5) is 7.28. The van der Waals surface area contributed by atoms with Gasteiger partial charge in [0, 0.05) is 24.9 Å². The van der Waals surface area contributed by atoms with Gasteiger partial charge in [-0.2, -0.15) is 0 Å². The third-order valence-corrected chi connectivity index (χ3v) is 4.92. The molecule has 5 heteroatoms. The summed E-state index contributed by atoms with van der Waals surface area (Å²) >= 11 is 12.2. The molecule has 0 N–H and O–H groups in total. The van der Waals surface area contributed by atoms with E-state index < -0.39 is 0 Å². The average Bonchev–Trinajstić information content (AvgIpc) is 3.06. The Balaban J connectivity index is 1.99. The van der Waals surface area contributed by atoms with Crippen LogP contribution in [-0.2, 0) is 13.0 Å². The van der Waals surface area contributed by atoms with Gasteiger partial charge >= 0.3 is 0 Å². The van der Waals surface area contributed by atoms with Gasteiger partial charge in [-0.3, -0.25) is 4.90 Å². The first kappa shape index (κ1) is 15.1. The monoisotopic (exact) mass is 325 g/mol. The molecular weight excluding hydrogens is 305 g/mol. The maximum absolute atomic E-state index is 6.30. The van der Waals surface area contributed by atoms with Gasteiger partial charge in [-0.05, 0) is 38.1 Å². The number of aryl methyl sites for hydroxylation is 1. The molecule has 0 bridgehead atoms. The van der Waals surface area contributed by atoms with Crippen molar-refractivity contribution in [3.05, 3.63) is 29.0 Å². The fourth-order valence-corrected chi connectivity index (χ4v) is 3.75. The first-order valence-electron chi connectivity index (χ1n) is 7.68. The van der Waals surface area contributed by atoms with Crippen LogP contribution in [-0.4, -0.2) is 39.5 Å². The number of para-hydroxylation sites is 1. The predicted octanol–water partition coefficient (Wildman–Crippen LogP) is 3.96. The zero-order valence-electron chi connectivity index (χ0n) is 12.4. The van der Waals surface area contributed by atoms with E-state index in [1.807, 2.05) is 12.1 Å². The second-order valence-corrected chi connectivity index (χ2v) is 6.39. The number of fused-ring (bicyclic) bond motifs is 1. The molecule has 1 aromatic heterocycles. The van der Waals surface area contributed by atoms with E-state index in [1.165, 1.54) is 19.4 Å². The number of hydrogen-bond donors (Lipinski definition) is 0. The van der Waals surface area contributed by atoms with Crippen molar-refractivity contribution in [1.29, 1.82) is 0 Å². The smallest absolute Gasteiger partial charge is 0.111 e. The highest BCUT2D eigenvalue weighted by Gasteiger charge is 2.25. The average molecular weight is 326 g/mol. The number of imidazole rings is 1. The van der Waals surface area contributed by atoms with Crippen LogP contribution in [0.4, 0.5) is 0 Å². The molecule has 1 fully saturated rings. The van der Waals surface area contributed by atoms with Crippen molar-refractivity contribution in [1.82, 2.24) is 14.5 Å². The first-order valence-corrected chi connectivity index (χ1v) is 8.59. The number of benzene rings is 1. The number of likely N-dealkylation sites (N-methyl/N-ethyl adjacent to an activating group) is 1. The van der Waals surface area contributed by atoms with Crippen LogP contribution in [0.5, 0.6) is 0 Å². The van der Waals surface area contributed by atoms with Crippen LogP contribution in [0, 0.1) is 0 Å². The summed E-state index contributed by atoms with van der Waals surface area (Å²) in [6, 6.07) is 6.61. The first-order chi connectivity index (χ1) is 10.2. The van der Waals surface area contributed by atoms with Gasteiger partial charge in [-0.25, -0.2) is 4.98 Å². The zero-order chi connectivity index (χ0) is 14.8. The Bertz CT molecular complexity index is 623. The van der Waals surface area contributed by atoms with E-state index in [2.05, 4.69) is 22.5 Å². The maximum Gasteiger partial charge on any atom is 0.111 e. The molecule has 2 aromatic rings. The lowest BCUT2D eigenvalue weighted by atomic mass is 10.2. The molecule has 2 heterocycles. The fraction of sp³-hybridized carbons (Fsp3) is 0.562. The zero-order valence-corrected chi connectivity index (χ0v) is 13.9. The SMILES string of the molecule is CCN1CCCC1Cn1c(CCCl)nc2c(Cl)cccc21.